The number of thiazole rings is 1. The molecule has 1 saturated carbocycles. The summed E-state index contributed by atoms with van der Waals surface area (Å²) in [6.07, 6.45) is 2.19. The minimum absolute atomic E-state index is 0.0931. The second-order valence-electron chi connectivity index (χ2n) is 6.23. The number of benzene rings is 1. The van der Waals surface area contributed by atoms with Gasteiger partial charge in [-0.3, -0.25) is 4.79 Å². The molecule has 2 heterocycles. The van der Waals surface area contributed by atoms with Crippen LogP contribution >= 0.6 is 11.3 Å². The van der Waals surface area contributed by atoms with Crippen LogP contribution in [0.15, 0.2) is 29.8 Å². The number of aromatic nitrogens is 1. The van der Waals surface area contributed by atoms with Crippen molar-refractivity contribution in [2.75, 3.05) is 26.8 Å². The van der Waals surface area contributed by atoms with Gasteiger partial charge >= 0.3 is 0 Å². The van der Waals surface area contributed by atoms with Crippen molar-refractivity contribution >= 4 is 17.2 Å². The van der Waals surface area contributed by atoms with Gasteiger partial charge in [0.15, 0.2) is 0 Å². The predicted molar refractivity (Wildman–Crippen MR) is 91.7 cm³/mol. The van der Waals surface area contributed by atoms with Gasteiger partial charge in [-0.1, -0.05) is 12.1 Å². The highest BCUT2D eigenvalue weighted by Crippen LogP contribution is 2.42. The first-order valence-electron chi connectivity index (χ1n) is 8.24. The van der Waals surface area contributed by atoms with Crippen LogP contribution in [0.4, 0.5) is 0 Å². The van der Waals surface area contributed by atoms with Gasteiger partial charge in [0, 0.05) is 12.5 Å². The standard InChI is InChI=1S/C18H20N2O3S/c1-22-14-4-2-3-13(9-14)15-10-20(7-8-23-15)18(21)17-16(12-5-6-12)19-11-24-17/h2-4,9,11-12,15H,5-8,10H2,1H3. The highest BCUT2D eigenvalue weighted by atomic mass is 32.1. The summed E-state index contributed by atoms with van der Waals surface area (Å²) in [7, 11) is 1.65. The number of ether oxygens (including phenoxy) is 2. The number of methoxy groups -OCH3 is 1. The molecule has 1 aromatic heterocycles. The lowest BCUT2D eigenvalue weighted by Gasteiger charge is -2.33. The van der Waals surface area contributed by atoms with Crippen LogP contribution in [0.1, 0.15) is 45.8 Å². The molecule has 0 spiro atoms. The molecule has 1 amide bonds. The lowest BCUT2D eigenvalue weighted by molar-refractivity contribution is -0.0227. The van der Waals surface area contributed by atoms with E-state index in [9.17, 15) is 4.79 Å². The Morgan fingerprint density at radius 3 is 3.08 bits per heavy atom. The average molecular weight is 344 g/mol. The van der Waals surface area contributed by atoms with E-state index in [1.54, 1.807) is 12.6 Å². The maximum atomic E-state index is 12.9. The summed E-state index contributed by atoms with van der Waals surface area (Å²) in [6.45, 7) is 1.74. The average Bonchev–Trinajstić information content (AvgIpc) is 3.38. The van der Waals surface area contributed by atoms with Crippen LogP contribution in [0.2, 0.25) is 0 Å². The third-order valence-electron chi connectivity index (χ3n) is 4.57. The molecule has 2 fully saturated rings. The van der Waals surface area contributed by atoms with Crippen molar-refractivity contribution in [2.45, 2.75) is 24.9 Å². The van der Waals surface area contributed by atoms with Gasteiger partial charge in [0.2, 0.25) is 0 Å². The van der Waals surface area contributed by atoms with Crippen LogP contribution in [0.25, 0.3) is 0 Å². The first-order valence-corrected chi connectivity index (χ1v) is 9.12. The lowest BCUT2D eigenvalue weighted by atomic mass is 10.1. The Morgan fingerprint density at radius 2 is 2.29 bits per heavy atom. The summed E-state index contributed by atoms with van der Waals surface area (Å²) in [5.74, 6) is 1.39. The molecule has 0 bridgehead atoms. The molecular formula is C18H20N2O3S. The van der Waals surface area contributed by atoms with Crippen LogP contribution in [-0.4, -0.2) is 42.6 Å². The number of hydrogen-bond acceptors (Lipinski definition) is 5. The monoisotopic (exact) mass is 344 g/mol. The van der Waals surface area contributed by atoms with Crippen LogP contribution in [0.3, 0.4) is 0 Å². The van der Waals surface area contributed by atoms with E-state index in [0.717, 1.165) is 34.7 Å². The third kappa shape index (κ3) is 3.03. The fourth-order valence-corrected chi connectivity index (χ4v) is 3.92. The van der Waals surface area contributed by atoms with E-state index in [4.69, 9.17) is 9.47 Å². The Labute approximate surface area is 145 Å². The highest BCUT2D eigenvalue weighted by Gasteiger charge is 2.34. The van der Waals surface area contributed by atoms with Gasteiger partial charge in [-0.05, 0) is 30.5 Å². The van der Waals surface area contributed by atoms with Crippen molar-refractivity contribution in [1.82, 2.24) is 9.88 Å². The summed E-state index contributed by atoms with van der Waals surface area (Å²) in [5, 5.41) is 0. The number of amides is 1. The van der Waals surface area contributed by atoms with Crippen molar-refractivity contribution in [3.8, 4) is 5.75 Å². The molecule has 2 aromatic rings. The van der Waals surface area contributed by atoms with Gasteiger partial charge in [0.05, 0.1) is 31.5 Å². The second-order valence-corrected chi connectivity index (χ2v) is 7.08. The van der Waals surface area contributed by atoms with Gasteiger partial charge in [-0.2, -0.15) is 0 Å². The van der Waals surface area contributed by atoms with Gasteiger partial charge in [0.1, 0.15) is 16.7 Å². The van der Waals surface area contributed by atoms with Crippen molar-refractivity contribution < 1.29 is 14.3 Å². The van der Waals surface area contributed by atoms with E-state index in [2.05, 4.69) is 4.98 Å². The fourth-order valence-electron chi connectivity index (χ4n) is 3.08. The molecule has 4 rings (SSSR count). The molecule has 1 unspecified atom stereocenters. The first-order chi connectivity index (χ1) is 11.8. The molecule has 1 atom stereocenters. The molecule has 1 aliphatic carbocycles. The summed E-state index contributed by atoms with van der Waals surface area (Å²) >= 11 is 1.46. The maximum Gasteiger partial charge on any atom is 0.266 e. The van der Waals surface area contributed by atoms with Gasteiger partial charge < -0.3 is 14.4 Å². The summed E-state index contributed by atoms with van der Waals surface area (Å²) < 4.78 is 11.2. The third-order valence-corrected chi connectivity index (χ3v) is 5.40. The van der Waals surface area contributed by atoms with Gasteiger partial charge in [-0.25, -0.2) is 4.98 Å². The van der Waals surface area contributed by atoms with Crippen molar-refractivity contribution in [1.29, 1.82) is 0 Å². The molecule has 24 heavy (non-hydrogen) atoms. The van der Waals surface area contributed by atoms with Gasteiger partial charge in [0.25, 0.3) is 5.91 Å². The molecule has 5 nitrogen and oxygen atoms in total. The van der Waals surface area contributed by atoms with E-state index >= 15 is 0 Å². The normalized spacial score (nSPS) is 20.9. The molecule has 1 aromatic carbocycles. The van der Waals surface area contributed by atoms with Crippen LogP contribution in [-0.2, 0) is 4.74 Å². The smallest absolute Gasteiger partial charge is 0.266 e. The van der Waals surface area contributed by atoms with Crippen LogP contribution in [0, 0.1) is 0 Å². The minimum Gasteiger partial charge on any atom is -0.497 e. The number of carbonyl (C=O) groups is 1. The molecule has 6 heteroatoms. The van der Waals surface area contributed by atoms with Crippen molar-refractivity contribution in [3.05, 3.63) is 45.9 Å². The predicted octanol–water partition coefficient (Wildman–Crippen LogP) is 3.24. The molecule has 126 valence electrons. The zero-order chi connectivity index (χ0) is 16.5. The quantitative estimate of drug-likeness (QED) is 0.854. The number of morpholine rings is 1. The lowest BCUT2D eigenvalue weighted by Crippen LogP contribution is -2.42. The summed E-state index contributed by atoms with van der Waals surface area (Å²) in [5.41, 5.74) is 3.83. The number of nitrogens with zero attached hydrogens (tertiary/aromatic N) is 2. The maximum absolute atomic E-state index is 12.9. The Balaban J connectivity index is 1.51. The SMILES string of the molecule is COc1cccc(C2CN(C(=O)c3scnc3C3CC3)CCO2)c1. The molecular weight excluding hydrogens is 324 g/mol. The van der Waals surface area contributed by atoms with Crippen LogP contribution < -0.4 is 4.74 Å². The zero-order valence-electron chi connectivity index (χ0n) is 13.6. The first kappa shape index (κ1) is 15.6. The number of carbonyl (C=O) groups excluding carboxylic acids is 1. The number of rotatable bonds is 4. The Morgan fingerprint density at radius 1 is 1.42 bits per heavy atom. The molecule has 2 aliphatic rings. The molecule has 0 N–H and O–H groups in total. The van der Waals surface area contributed by atoms with Crippen molar-refractivity contribution in [3.63, 3.8) is 0 Å². The van der Waals surface area contributed by atoms with E-state index in [-0.39, 0.29) is 12.0 Å². The zero-order valence-corrected chi connectivity index (χ0v) is 14.4. The van der Waals surface area contributed by atoms with E-state index in [1.807, 2.05) is 29.2 Å². The van der Waals surface area contributed by atoms with Crippen molar-refractivity contribution in [2.24, 2.45) is 0 Å². The molecule has 1 aliphatic heterocycles. The topological polar surface area (TPSA) is 51.7 Å². The van der Waals surface area contributed by atoms with Crippen LogP contribution in [0.5, 0.6) is 5.75 Å². The Kier molecular flexibility index (Phi) is 4.24. The highest BCUT2D eigenvalue weighted by molar-refractivity contribution is 7.11. The molecule has 1 saturated heterocycles. The minimum atomic E-state index is -0.116. The van der Waals surface area contributed by atoms with E-state index in [0.29, 0.717) is 25.6 Å². The second kappa shape index (κ2) is 6.53. The Bertz CT molecular complexity index is 741. The largest absolute Gasteiger partial charge is 0.497 e. The van der Waals surface area contributed by atoms with E-state index < -0.39 is 0 Å². The van der Waals surface area contributed by atoms with E-state index in [1.165, 1.54) is 11.3 Å². The summed E-state index contributed by atoms with van der Waals surface area (Å²) in [6, 6.07) is 7.85. The summed E-state index contributed by atoms with van der Waals surface area (Å²) in [4.78, 5) is 20.1. The fraction of sp³-hybridized carbons (Fsp3) is 0.444. The Hall–Kier alpha value is -1.92. The number of hydrogen-bond donors (Lipinski definition) is 0. The van der Waals surface area contributed by atoms with Gasteiger partial charge in [-0.15, -0.1) is 11.3 Å². The molecule has 0 radical (unpaired) electrons.